The molecule has 0 aliphatic heterocycles. The first-order chi connectivity index (χ1) is 9.53. The molecule has 0 aliphatic rings. The smallest absolute Gasteiger partial charge is 0.411 e. The summed E-state index contributed by atoms with van der Waals surface area (Å²) in [4.78, 5) is 10.5. The van der Waals surface area contributed by atoms with Crippen molar-refractivity contribution in [2.24, 2.45) is 0 Å². The van der Waals surface area contributed by atoms with Gasteiger partial charge < -0.3 is 9.84 Å². The Morgan fingerprint density at radius 1 is 1.33 bits per heavy atom. The second kappa shape index (κ2) is 6.75. The van der Waals surface area contributed by atoms with Crippen molar-refractivity contribution in [3.63, 3.8) is 0 Å². The van der Waals surface area contributed by atoms with Crippen molar-refractivity contribution in [1.29, 1.82) is 0 Å². The summed E-state index contributed by atoms with van der Waals surface area (Å²) >= 11 is 2.96. The quantitative estimate of drug-likeness (QED) is 0.754. The van der Waals surface area contributed by atoms with Gasteiger partial charge in [-0.2, -0.15) is 13.2 Å². The summed E-state index contributed by atoms with van der Waals surface area (Å²) in [5, 5.41) is 8.81. The van der Waals surface area contributed by atoms with Crippen LogP contribution in [0.2, 0.25) is 0 Å². The molecule has 1 rings (SSSR count). The molecular weight excluding hydrogens is 381 g/mol. The number of carboxylic acids is 1. The van der Waals surface area contributed by atoms with E-state index in [9.17, 15) is 26.4 Å². The van der Waals surface area contributed by atoms with E-state index in [2.05, 4.69) is 20.7 Å². The van der Waals surface area contributed by atoms with Crippen LogP contribution < -0.4 is 0 Å². The fraction of sp³-hybridized carbons (Fsp3) is 0.364. The van der Waals surface area contributed by atoms with Crippen LogP contribution in [0.3, 0.4) is 0 Å². The minimum Gasteiger partial charge on any atom is -0.478 e. The van der Waals surface area contributed by atoms with Crippen LogP contribution in [0.5, 0.6) is 0 Å². The molecule has 1 N–H and O–H groups in total. The van der Waals surface area contributed by atoms with E-state index in [-0.39, 0.29) is 14.9 Å². The van der Waals surface area contributed by atoms with E-state index >= 15 is 0 Å². The van der Waals surface area contributed by atoms with Crippen LogP contribution in [-0.4, -0.2) is 44.6 Å². The van der Waals surface area contributed by atoms with E-state index in [1.54, 1.807) is 0 Å². The number of hydrogen-bond donors (Lipinski definition) is 1. The van der Waals surface area contributed by atoms with E-state index < -0.39 is 40.9 Å². The number of alkyl halides is 3. The number of carboxylic acid groups (broad SMARTS) is 1. The molecule has 1 aromatic rings. The van der Waals surface area contributed by atoms with Gasteiger partial charge in [-0.1, -0.05) is 0 Å². The summed E-state index contributed by atoms with van der Waals surface area (Å²) in [6, 6.07) is 3.38. The molecular formula is C11H10BrF3O5S. The summed E-state index contributed by atoms with van der Waals surface area (Å²) in [5.41, 5.74) is -0.243. The first-order valence-corrected chi connectivity index (χ1v) is 7.87. The van der Waals surface area contributed by atoms with Gasteiger partial charge in [0.05, 0.1) is 22.8 Å². The van der Waals surface area contributed by atoms with Gasteiger partial charge in [0.1, 0.15) is 6.61 Å². The van der Waals surface area contributed by atoms with E-state index in [1.165, 1.54) is 12.1 Å². The van der Waals surface area contributed by atoms with Gasteiger partial charge in [0.15, 0.2) is 9.84 Å². The Hall–Kier alpha value is -1.13. The summed E-state index contributed by atoms with van der Waals surface area (Å²) in [6.07, 6.45) is -4.53. The molecule has 1 aromatic carbocycles. The molecule has 10 heteroatoms. The highest BCUT2D eigenvalue weighted by molar-refractivity contribution is 9.10. The minimum absolute atomic E-state index is 0.128. The van der Waals surface area contributed by atoms with Crippen molar-refractivity contribution in [3.05, 3.63) is 28.2 Å². The second-order valence-electron chi connectivity index (χ2n) is 3.94. The van der Waals surface area contributed by atoms with Crippen LogP contribution in [0, 0.1) is 0 Å². The normalized spacial score (nSPS) is 12.4. The Balaban J connectivity index is 2.83. The maximum atomic E-state index is 12.0. The topological polar surface area (TPSA) is 80.7 Å². The van der Waals surface area contributed by atoms with Gasteiger partial charge in [-0.05, 0) is 34.1 Å². The number of carbonyl (C=O) groups is 1. The zero-order valence-corrected chi connectivity index (χ0v) is 12.8. The summed E-state index contributed by atoms with van der Waals surface area (Å²) < 4.78 is 63.9. The number of halogens is 4. The van der Waals surface area contributed by atoms with Crippen molar-refractivity contribution in [2.45, 2.75) is 11.1 Å². The predicted octanol–water partition coefficient (Wildman–Crippen LogP) is 2.50. The Kier molecular flexibility index (Phi) is 5.76. The van der Waals surface area contributed by atoms with Crippen LogP contribution in [-0.2, 0) is 14.6 Å². The lowest BCUT2D eigenvalue weighted by Gasteiger charge is -2.10. The van der Waals surface area contributed by atoms with Gasteiger partial charge >= 0.3 is 12.1 Å². The van der Waals surface area contributed by atoms with E-state index in [0.29, 0.717) is 0 Å². The SMILES string of the molecule is O=C(O)c1ccc(Br)c(S(=O)(=O)CCOCC(F)(F)F)c1. The van der Waals surface area contributed by atoms with Crippen molar-refractivity contribution >= 4 is 31.7 Å². The minimum atomic E-state index is -4.53. The predicted molar refractivity (Wildman–Crippen MR) is 70.0 cm³/mol. The third kappa shape index (κ3) is 5.64. The molecule has 0 unspecified atom stereocenters. The van der Waals surface area contributed by atoms with Crippen LogP contribution in [0.25, 0.3) is 0 Å². The zero-order valence-electron chi connectivity index (χ0n) is 10.4. The maximum Gasteiger partial charge on any atom is 0.411 e. The van der Waals surface area contributed by atoms with Crippen molar-refractivity contribution in [2.75, 3.05) is 19.0 Å². The third-order valence-corrected chi connectivity index (χ3v) is 4.94. The summed E-state index contributed by atoms with van der Waals surface area (Å²) in [6.45, 7) is -2.19. The number of benzene rings is 1. The third-order valence-electron chi connectivity index (χ3n) is 2.28. The van der Waals surface area contributed by atoms with Crippen molar-refractivity contribution in [3.8, 4) is 0 Å². The molecule has 0 spiro atoms. The highest BCUT2D eigenvalue weighted by atomic mass is 79.9. The van der Waals surface area contributed by atoms with Gasteiger partial charge in [0.25, 0.3) is 0 Å². The van der Waals surface area contributed by atoms with Gasteiger partial charge in [0.2, 0.25) is 0 Å². The zero-order chi connectivity index (χ0) is 16.3. The maximum absolute atomic E-state index is 12.0. The first kappa shape index (κ1) is 17.9. The van der Waals surface area contributed by atoms with Gasteiger partial charge in [-0.25, -0.2) is 13.2 Å². The number of hydrogen-bond acceptors (Lipinski definition) is 4. The Labute approximate surface area is 126 Å². The number of ether oxygens (including phenoxy) is 1. The lowest BCUT2D eigenvalue weighted by atomic mass is 10.2. The lowest BCUT2D eigenvalue weighted by Crippen LogP contribution is -2.21. The highest BCUT2D eigenvalue weighted by Gasteiger charge is 2.28. The largest absolute Gasteiger partial charge is 0.478 e. The van der Waals surface area contributed by atoms with Crippen LogP contribution in [0.1, 0.15) is 10.4 Å². The average Bonchev–Trinajstić information content (AvgIpc) is 2.33. The molecule has 0 heterocycles. The molecule has 0 radical (unpaired) electrons. The molecule has 118 valence electrons. The molecule has 0 saturated heterocycles. The van der Waals surface area contributed by atoms with Crippen molar-refractivity contribution in [1.82, 2.24) is 0 Å². The van der Waals surface area contributed by atoms with E-state index in [4.69, 9.17) is 5.11 Å². The van der Waals surface area contributed by atoms with Gasteiger partial charge in [0, 0.05) is 4.47 Å². The van der Waals surface area contributed by atoms with Gasteiger partial charge in [-0.3, -0.25) is 0 Å². The average molecular weight is 391 g/mol. The van der Waals surface area contributed by atoms with Crippen LogP contribution in [0.4, 0.5) is 13.2 Å². The van der Waals surface area contributed by atoms with Crippen molar-refractivity contribution < 1.29 is 36.2 Å². The first-order valence-electron chi connectivity index (χ1n) is 5.43. The fourth-order valence-electron chi connectivity index (χ4n) is 1.34. The molecule has 5 nitrogen and oxygen atoms in total. The van der Waals surface area contributed by atoms with Crippen LogP contribution >= 0.6 is 15.9 Å². The standard InChI is InChI=1S/C11H10BrF3O5S/c12-8-2-1-7(10(16)17)5-9(8)21(18,19)4-3-20-6-11(13,14)15/h1-2,5H,3-4,6H2,(H,16,17). The Morgan fingerprint density at radius 2 is 1.95 bits per heavy atom. The molecule has 0 aromatic heterocycles. The molecule has 0 saturated carbocycles. The highest BCUT2D eigenvalue weighted by Crippen LogP contribution is 2.24. The number of aromatic carboxylic acids is 1. The van der Waals surface area contributed by atoms with E-state index in [1.807, 2.05) is 0 Å². The molecule has 0 bridgehead atoms. The Morgan fingerprint density at radius 3 is 2.48 bits per heavy atom. The van der Waals surface area contributed by atoms with E-state index in [0.717, 1.165) is 6.07 Å². The fourth-order valence-corrected chi connectivity index (χ4v) is 3.56. The molecule has 0 aliphatic carbocycles. The van der Waals surface area contributed by atoms with Gasteiger partial charge in [-0.15, -0.1) is 0 Å². The molecule has 21 heavy (non-hydrogen) atoms. The summed E-state index contributed by atoms with van der Waals surface area (Å²) in [7, 11) is -3.97. The lowest BCUT2D eigenvalue weighted by molar-refractivity contribution is -0.172. The second-order valence-corrected chi connectivity index (χ2v) is 6.87. The molecule has 0 amide bonds. The Bertz CT molecular complexity index is 627. The number of rotatable bonds is 6. The van der Waals surface area contributed by atoms with Crippen LogP contribution in [0.15, 0.2) is 27.6 Å². The summed E-state index contributed by atoms with van der Waals surface area (Å²) in [5.74, 6) is -2.00. The monoisotopic (exact) mass is 390 g/mol. The molecule has 0 atom stereocenters. The molecule has 0 fully saturated rings. The number of sulfone groups is 1.